The Morgan fingerprint density at radius 1 is 1.00 bits per heavy atom. The molecule has 0 fully saturated rings. The predicted molar refractivity (Wildman–Crippen MR) is 98.5 cm³/mol. The number of amidine groups is 1. The van der Waals surface area contributed by atoms with Crippen molar-refractivity contribution in [2.45, 2.75) is 77.6 Å². The van der Waals surface area contributed by atoms with Gasteiger partial charge in [-0.1, -0.05) is 51.2 Å². The maximum Gasteiger partial charge on any atom is 0.0990 e. The van der Waals surface area contributed by atoms with E-state index in [1.807, 2.05) is 0 Å². The molecule has 0 bridgehead atoms. The number of nitrogens with two attached hydrogens (primary N) is 1. The third-order valence-corrected chi connectivity index (χ3v) is 4.34. The fraction of sp³-hybridized carbons (Fsp3) is 0.842. The van der Waals surface area contributed by atoms with Crippen LogP contribution in [0.5, 0.6) is 0 Å². The van der Waals surface area contributed by atoms with Gasteiger partial charge in [-0.25, -0.2) is 0 Å². The monoisotopic (exact) mass is 307 g/mol. The molecule has 1 aliphatic rings. The van der Waals surface area contributed by atoms with Crippen LogP contribution in [0.2, 0.25) is 0 Å². The van der Waals surface area contributed by atoms with E-state index in [2.05, 4.69) is 29.0 Å². The van der Waals surface area contributed by atoms with Crippen molar-refractivity contribution in [3.05, 3.63) is 12.2 Å². The molecular formula is C19H37N3. The molecule has 0 saturated heterocycles. The smallest absolute Gasteiger partial charge is 0.0990 e. The minimum absolute atomic E-state index is 0.741. The molecule has 0 aromatic rings. The zero-order valence-electron chi connectivity index (χ0n) is 14.7. The second-order valence-corrected chi connectivity index (χ2v) is 6.35. The first kappa shape index (κ1) is 19.2. The number of aliphatic imine (C=N–C) groups is 1. The van der Waals surface area contributed by atoms with Crippen LogP contribution >= 0.6 is 0 Å². The molecule has 0 aliphatic carbocycles. The summed E-state index contributed by atoms with van der Waals surface area (Å²) in [6.45, 7) is 6.03. The van der Waals surface area contributed by atoms with Crippen molar-refractivity contribution < 1.29 is 0 Å². The number of allylic oxidation sites excluding steroid dienone is 2. The summed E-state index contributed by atoms with van der Waals surface area (Å²) in [5, 5.41) is 0. The van der Waals surface area contributed by atoms with Gasteiger partial charge in [-0.2, -0.15) is 0 Å². The van der Waals surface area contributed by atoms with E-state index in [4.69, 9.17) is 5.73 Å². The Bertz CT molecular complexity index is 310. The second kappa shape index (κ2) is 13.8. The van der Waals surface area contributed by atoms with Crippen molar-refractivity contribution in [2.75, 3.05) is 26.2 Å². The maximum absolute atomic E-state index is 5.64. The summed E-state index contributed by atoms with van der Waals surface area (Å²) in [6, 6.07) is 0. The molecule has 1 heterocycles. The highest BCUT2D eigenvalue weighted by atomic mass is 15.2. The van der Waals surface area contributed by atoms with Crippen LogP contribution in [0.15, 0.2) is 17.1 Å². The number of rotatable bonds is 14. The molecular weight excluding hydrogens is 270 g/mol. The standard InChI is InChI=1S/C19H37N3/c1-2-3-4-5-6-7-8-9-10-11-12-13-14-19-21-16-18-22(19)17-15-20/h6-7H,2-5,8-18,20H2,1H3/b7-6+. The number of nitrogens with zero attached hydrogens (tertiary/aromatic N) is 2. The summed E-state index contributed by atoms with van der Waals surface area (Å²) in [5.41, 5.74) is 5.64. The van der Waals surface area contributed by atoms with Crippen molar-refractivity contribution >= 4 is 5.84 Å². The van der Waals surface area contributed by atoms with E-state index in [9.17, 15) is 0 Å². The zero-order valence-corrected chi connectivity index (χ0v) is 14.7. The molecule has 2 N–H and O–H groups in total. The summed E-state index contributed by atoms with van der Waals surface area (Å²) in [4.78, 5) is 6.97. The maximum atomic E-state index is 5.64. The molecule has 0 amide bonds. The number of hydrogen-bond donors (Lipinski definition) is 1. The molecule has 0 radical (unpaired) electrons. The molecule has 128 valence electrons. The van der Waals surface area contributed by atoms with Crippen molar-refractivity contribution in [3.63, 3.8) is 0 Å². The Morgan fingerprint density at radius 3 is 2.41 bits per heavy atom. The Kier molecular flexibility index (Phi) is 12.1. The Balaban J connectivity index is 1.87. The summed E-state index contributed by atoms with van der Waals surface area (Å²) in [6.07, 6.45) is 19.2. The van der Waals surface area contributed by atoms with Gasteiger partial charge in [0.25, 0.3) is 0 Å². The fourth-order valence-electron chi connectivity index (χ4n) is 2.99. The van der Waals surface area contributed by atoms with E-state index >= 15 is 0 Å². The second-order valence-electron chi connectivity index (χ2n) is 6.35. The van der Waals surface area contributed by atoms with Crippen molar-refractivity contribution in [1.29, 1.82) is 0 Å². The first-order chi connectivity index (χ1) is 10.9. The van der Waals surface area contributed by atoms with Crippen LogP contribution < -0.4 is 5.73 Å². The largest absolute Gasteiger partial charge is 0.357 e. The fourth-order valence-corrected chi connectivity index (χ4v) is 2.99. The van der Waals surface area contributed by atoms with Crippen LogP contribution in [0.25, 0.3) is 0 Å². The molecule has 3 heteroatoms. The topological polar surface area (TPSA) is 41.6 Å². The molecule has 0 aromatic heterocycles. The van der Waals surface area contributed by atoms with Gasteiger partial charge in [-0.15, -0.1) is 0 Å². The lowest BCUT2D eigenvalue weighted by Crippen LogP contribution is -2.32. The molecule has 0 atom stereocenters. The Hall–Kier alpha value is -0.830. The quantitative estimate of drug-likeness (QED) is 0.378. The van der Waals surface area contributed by atoms with E-state index in [1.54, 1.807) is 0 Å². The lowest BCUT2D eigenvalue weighted by atomic mass is 10.1. The van der Waals surface area contributed by atoms with Gasteiger partial charge in [0, 0.05) is 26.1 Å². The summed E-state index contributed by atoms with van der Waals surface area (Å²) >= 11 is 0. The third kappa shape index (κ3) is 9.24. The third-order valence-electron chi connectivity index (χ3n) is 4.34. The molecule has 22 heavy (non-hydrogen) atoms. The Morgan fingerprint density at radius 2 is 1.68 bits per heavy atom. The normalized spacial score (nSPS) is 15.0. The SMILES string of the molecule is CCCCC/C=C/CCCCCCCC1=NCCN1CCN. The average molecular weight is 308 g/mol. The predicted octanol–water partition coefficient (Wildman–Crippen LogP) is 4.53. The van der Waals surface area contributed by atoms with Crippen LogP contribution in [-0.2, 0) is 0 Å². The first-order valence-corrected chi connectivity index (χ1v) is 9.51. The molecule has 1 aliphatic heterocycles. The van der Waals surface area contributed by atoms with E-state index in [-0.39, 0.29) is 0 Å². The van der Waals surface area contributed by atoms with Gasteiger partial charge >= 0.3 is 0 Å². The van der Waals surface area contributed by atoms with Gasteiger partial charge in [0.15, 0.2) is 0 Å². The number of unbranched alkanes of at least 4 members (excludes halogenated alkanes) is 8. The van der Waals surface area contributed by atoms with E-state index in [1.165, 1.54) is 70.0 Å². The number of hydrogen-bond acceptors (Lipinski definition) is 3. The Labute approximate surface area is 138 Å². The van der Waals surface area contributed by atoms with Crippen molar-refractivity contribution in [1.82, 2.24) is 4.90 Å². The highest BCUT2D eigenvalue weighted by Gasteiger charge is 2.14. The molecule has 0 aromatic carbocycles. The van der Waals surface area contributed by atoms with Gasteiger partial charge < -0.3 is 10.6 Å². The summed E-state index contributed by atoms with van der Waals surface area (Å²) in [7, 11) is 0. The minimum Gasteiger partial charge on any atom is -0.357 e. The van der Waals surface area contributed by atoms with E-state index in [0.717, 1.165) is 32.6 Å². The van der Waals surface area contributed by atoms with Gasteiger partial charge in [-0.3, -0.25) is 4.99 Å². The first-order valence-electron chi connectivity index (χ1n) is 9.51. The highest BCUT2D eigenvalue weighted by molar-refractivity contribution is 5.83. The van der Waals surface area contributed by atoms with Crippen LogP contribution in [0.1, 0.15) is 77.6 Å². The van der Waals surface area contributed by atoms with Crippen LogP contribution in [-0.4, -0.2) is 36.9 Å². The molecule has 0 spiro atoms. The average Bonchev–Trinajstić information content (AvgIpc) is 2.96. The van der Waals surface area contributed by atoms with Gasteiger partial charge in [0.2, 0.25) is 0 Å². The van der Waals surface area contributed by atoms with Crippen molar-refractivity contribution in [3.8, 4) is 0 Å². The van der Waals surface area contributed by atoms with E-state index < -0.39 is 0 Å². The molecule has 0 unspecified atom stereocenters. The minimum atomic E-state index is 0.741. The van der Waals surface area contributed by atoms with Gasteiger partial charge in [0.05, 0.1) is 12.4 Å². The van der Waals surface area contributed by atoms with E-state index in [0.29, 0.717) is 0 Å². The lowest BCUT2D eigenvalue weighted by Gasteiger charge is -2.19. The van der Waals surface area contributed by atoms with Crippen LogP contribution in [0.4, 0.5) is 0 Å². The van der Waals surface area contributed by atoms with Crippen LogP contribution in [0, 0.1) is 0 Å². The summed E-state index contributed by atoms with van der Waals surface area (Å²) < 4.78 is 0. The molecule has 3 nitrogen and oxygen atoms in total. The molecule has 0 saturated carbocycles. The van der Waals surface area contributed by atoms with Gasteiger partial charge in [0.1, 0.15) is 0 Å². The lowest BCUT2D eigenvalue weighted by molar-refractivity contribution is 0.456. The molecule has 1 rings (SSSR count). The zero-order chi connectivity index (χ0) is 15.9. The summed E-state index contributed by atoms with van der Waals surface area (Å²) in [5.74, 6) is 1.31. The van der Waals surface area contributed by atoms with Crippen molar-refractivity contribution in [2.24, 2.45) is 10.7 Å². The van der Waals surface area contributed by atoms with Crippen LogP contribution in [0.3, 0.4) is 0 Å². The highest BCUT2D eigenvalue weighted by Crippen LogP contribution is 2.12. The van der Waals surface area contributed by atoms with Gasteiger partial charge in [-0.05, 0) is 32.1 Å².